The first-order valence-electron chi connectivity index (χ1n) is 11.7. The van der Waals surface area contributed by atoms with Gasteiger partial charge in [0.25, 0.3) is 5.91 Å². The highest BCUT2D eigenvalue weighted by Gasteiger charge is 2.43. The van der Waals surface area contributed by atoms with E-state index in [4.69, 9.17) is 0 Å². The van der Waals surface area contributed by atoms with E-state index in [9.17, 15) is 14.7 Å². The SMILES string of the molecule is CCn1c(C(=O)N(C2CC2)C2CC2)cc2c3c(ncn3C)c(Nc3cc(C(=O)O)n(C)n3)cc21. The summed E-state index contributed by atoms with van der Waals surface area (Å²) in [6, 6.07) is 6.25. The molecule has 2 N–H and O–H groups in total. The summed E-state index contributed by atoms with van der Waals surface area (Å²) in [4.78, 5) is 31.8. The maximum absolute atomic E-state index is 13.7. The fourth-order valence-corrected chi connectivity index (χ4v) is 5.01. The van der Waals surface area contributed by atoms with Crippen LogP contribution in [-0.4, -0.2) is 57.9 Å². The van der Waals surface area contributed by atoms with E-state index in [1.54, 1.807) is 13.4 Å². The molecule has 2 saturated carbocycles. The van der Waals surface area contributed by atoms with Crippen molar-refractivity contribution in [2.45, 2.75) is 51.2 Å². The number of aromatic nitrogens is 5. The molecule has 176 valence electrons. The Morgan fingerprint density at radius 3 is 2.41 bits per heavy atom. The molecule has 0 atom stereocenters. The number of aryl methyl sites for hydroxylation is 3. The summed E-state index contributed by atoms with van der Waals surface area (Å²) in [5.74, 6) is -0.505. The number of benzene rings is 1. The Morgan fingerprint density at radius 2 is 1.82 bits per heavy atom. The Kier molecular flexibility index (Phi) is 4.48. The quantitative estimate of drug-likeness (QED) is 0.436. The zero-order valence-electron chi connectivity index (χ0n) is 19.4. The number of rotatable bonds is 7. The second kappa shape index (κ2) is 7.34. The maximum atomic E-state index is 13.7. The number of nitrogens with zero attached hydrogens (tertiary/aromatic N) is 6. The highest BCUT2D eigenvalue weighted by molar-refractivity contribution is 6.12. The van der Waals surface area contributed by atoms with Crippen molar-refractivity contribution in [2.75, 3.05) is 5.32 Å². The number of imidazole rings is 1. The van der Waals surface area contributed by atoms with Gasteiger partial charge < -0.3 is 24.5 Å². The average molecular weight is 462 g/mol. The number of hydrogen-bond acceptors (Lipinski definition) is 5. The Morgan fingerprint density at radius 1 is 1.12 bits per heavy atom. The lowest BCUT2D eigenvalue weighted by Gasteiger charge is -2.22. The molecule has 3 aromatic heterocycles. The third kappa shape index (κ3) is 3.16. The second-order valence-corrected chi connectivity index (χ2v) is 9.33. The Labute approximate surface area is 195 Å². The molecule has 1 aromatic carbocycles. The van der Waals surface area contributed by atoms with E-state index >= 15 is 0 Å². The molecule has 3 heterocycles. The van der Waals surface area contributed by atoms with Crippen LogP contribution in [0, 0.1) is 0 Å². The molecule has 10 heteroatoms. The van der Waals surface area contributed by atoms with Crippen LogP contribution in [0.15, 0.2) is 24.5 Å². The first kappa shape index (κ1) is 20.8. The summed E-state index contributed by atoms with van der Waals surface area (Å²) in [6.07, 6.45) is 6.13. The van der Waals surface area contributed by atoms with Crippen LogP contribution in [0.25, 0.3) is 21.9 Å². The van der Waals surface area contributed by atoms with Crippen molar-refractivity contribution in [3.8, 4) is 0 Å². The lowest BCUT2D eigenvalue weighted by atomic mass is 10.1. The first-order valence-corrected chi connectivity index (χ1v) is 11.7. The van der Waals surface area contributed by atoms with Crippen molar-refractivity contribution < 1.29 is 14.7 Å². The maximum Gasteiger partial charge on any atom is 0.354 e. The minimum Gasteiger partial charge on any atom is -0.477 e. The van der Waals surface area contributed by atoms with Gasteiger partial charge in [0.15, 0.2) is 5.82 Å². The van der Waals surface area contributed by atoms with Gasteiger partial charge in [-0.15, -0.1) is 0 Å². The number of amides is 1. The van der Waals surface area contributed by atoms with Crippen molar-refractivity contribution in [3.63, 3.8) is 0 Å². The van der Waals surface area contributed by atoms with Crippen LogP contribution in [0.2, 0.25) is 0 Å². The fraction of sp³-hybridized carbons (Fsp3) is 0.417. The summed E-state index contributed by atoms with van der Waals surface area (Å²) in [6.45, 7) is 2.70. The molecule has 2 aliphatic carbocycles. The second-order valence-electron chi connectivity index (χ2n) is 9.33. The van der Waals surface area contributed by atoms with Crippen LogP contribution >= 0.6 is 0 Å². The van der Waals surface area contributed by atoms with Crippen molar-refractivity contribution in [1.29, 1.82) is 0 Å². The van der Waals surface area contributed by atoms with E-state index in [0.29, 0.717) is 35.8 Å². The van der Waals surface area contributed by atoms with E-state index in [1.807, 2.05) is 30.7 Å². The van der Waals surface area contributed by atoms with E-state index in [1.165, 1.54) is 10.7 Å². The molecule has 6 rings (SSSR count). The molecular formula is C24H27N7O3. The van der Waals surface area contributed by atoms with Gasteiger partial charge in [0.2, 0.25) is 0 Å². The van der Waals surface area contributed by atoms with Gasteiger partial charge in [-0.3, -0.25) is 9.48 Å². The predicted octanol–water partition coefficient (Wildman–Crippen LogP) is 3.49. The Bertz CT molecular complexity index is 1460. The van der Waals surface area contributed by atoms with Crippen LogP contribution in [0.4, 0.5) is 11.5 Å². The molecule has 1 amide bonds. The molecular weight excluding hydrogens is 434 g/mol. The molecule has 10 nitrogen and oxygen atoms in total. The normalized spacial score (nSPS) is 15.9. The highest BCUT2D eigenvalue weighted by Crippen LogP contribution is 2.40. The van der Waals surface area contributed by atoms with Crippen LogP contribution < -0.4 is 5.32 Å². The number of carboxylic acids is 1. The molecule has 0 saturated heterocycles. The van der Waals surface area contributed by atoms with Gasteiger partial charge in [-0.25, -0.2) is 9.78 Å². The Balaban J connectivity index is 1.50. The molecule has 0 spiro atoms. The van der Waals surface area contributed by atoms with Crippen LogP contribution in [-0.2, 0) is 20.6 Å². The number of carbonyl (C=O) groups is 2. The zero-order valence-corrected chi connectivity index (χ0v) is 19.4. The molecule has 4 aromatic rings. The fourth-order valence-electron chi connectivity index (χ4n) is 5.01. The van der Waals surface area contributed by atoms with Gasteiger partial charge >= 0.3 is 5.97 Å². The number of aromatic carboxylic acids is 1. The van der Waals surface area contributed by atoms with Crippen molar-refractivity contribution in [1.82, 2.24) is 28.8 Å². The van der Waals surface area contributed by atoms with Gasteiger partial charge in [-0.1, -0.05) is 0 Å². The topological polar surface area (TPSA) is 110 Å². The number of carboxylic acid groups (broad SMARTS) is 1. The number of hydrogen-bond donors (Lipinski definition) is 2. The third-order valence-corrected chi connectivity index (χ3v) is 6.88. The Hall–Kier alpha value is -3.82. The van der Waals surface area contributed by atoms with Gasteiger partial charge in [-0.05, 0) is 44.7 Å². The number of fused-ring (bicyclic) bond motifs is 3. The monoisotopic (exact) mass is 461 g/mol. The molecule has 0 bridgehead atoms. The zero-order chi connectivity index (χ0) is 23.7. The van der Waals surface area contributed by atoms with Crippen LogP contribution in [0.3, 0.4) is 0 Å². The minimum atomic E-state index is -1.04. The largest absolute Gasteiger partial charge is 0.477 e. The number of anilines is 2. The summed E-state index contributed by atoms with van der Waals surface area (Å²) in [7, 11) is 3.53. The van der Waals surface area contributed by atoms with Gasteiger partial charge in [0.1, 0.15) is 16.9 Å². The van der Waals surface area contributed by atoms with E-state index in [0.717, 1.165) is 47.6 Å². The molecule has 2 aliphatic rings. The molecule has 34 heavy (non-hydrogen) atoms. The van der Waals surface area contributed by atoms with Crippen molar-refractivity contribution in [2.24, 2.45) is 14.1 Å². The number of carbonyl (C=O) groups excluding carboxylic acids is 1. The molecule has 0 aliphatic heterocycles. The van der Waals surface area contributed by atoms with E-state index in [2.05, 4.69) is 24.9 Å². The van der Waals surface area contributed by atoms with Gasteiger partial charge in [0.05, 0.1) is 23.0 Å². The summed E-state index contributed by atoms with van der Waals surface area (Å²) >= 11 is 0. The minimum absolute atomic E-state index is 0.0888. The smallest absolute Gasteiger partial charge is 0.354 e. The van der Waals surface area contributed by atoms with E-state index < -0.39 is 5.97 Å². The van der Waals surface area contributed by atoms with Gasteiger partial charge in [0, 0.05) is 44.2 Å². The van der Waals surface area contributed by atoms with Crippen molar-refractivity contribution in [3.05, 3.63) is 35.9 Å². The van der Waals surface area contributed by atoms with Gasteiger partial charge in [-0.2, -0.15) is 5.10 Å². The lowest BCUT2D eigenvalue weighted by Crippen LogP contribution is -2.36. The first-order chi connectivity index (χ1) is 16.4. The summed E-state index contributed by atoms with van der Waals surface area (Å²) in [5, 5.41) is 17.9. The average Bonchev–Trinajstić information content (AvgIpc) is 3.71. The van der Waals surface area contributed by atoms with Crippen molar-refractivity contribution >= 4 is 45.3 Å². The third-order valence-electron chi connectivity index (χ3n) is 6.88. The standard InChI is InChI=1S/C24H27N7O3/c1-4-30-17-10-16(26-20-11-19(24(33)34)29(3)27-20)21-22(28(2)12-25-21)15(17)9-18(30)23(32)31(13-5-6-13)14-7-8-14/h9-14H,4-8H2,1-3H3,(H,26,27)(H,33,34). The lowest BCUT2D eigenvalue weighted by molar-refractivity contribution is 0.0682. The van der Waals surface area contributed by atoms with Crippen LogP contribution in [0.1, 0.15) is 53.6 Å². The highest BCUT2D eigenvalue weighted by atomic mass is 16.4. The molecule has 0 unspecified atom stereocenters. The summed E-state index contributed by atoms with van der Waals surface area (Å²) < 4.78 is 5.36. The molecule has 2 fully saturated rings. The van der Waals surface area contributed by atoms with Crippen LogP contribution in [0.5, 0.6) is 0 Å². The number of nitrogens with one attached hydrogen (secondary N) is 1. The van der Waals surface area contributed by atoms with E-state index in [-0.39, 0.29) is 11.6 Å². The molecule has 0 radical (unpaired) electrons. The predicted molar refractivity (Wildman–Crippen MR) is 128 cm³/mol. The summed E-state index contributed by atoms with van der Waals surface area (Å²) in [5.41, 5.74) is 4.11.